The van der Waals surface area contributed by atoms with Gasteiger partial charge in [0.2, 0.25) is 11.8 Å². The van der Waals surface area contributed by atoms with Crippen molar-refractivity contribution in [2.24, 2.45) is 0 Å². The monoisotopic (exact) mass is 322 g/mol. The summed E-state index contributed by atoms with van der Waals surface area (Å²) in [5, 5.41) is 2.96. The summed E-state index contributed by atoms with van der Waals surface area (Å²) in [6.07, 6.45) is 1.97. The fourth-order valence-electron chi connectivity index (χ4n) is 3.11. The van der Waals surface area contributed by atoms with Crippen LogP contribution in [0.2, 0.25) is 0 Å². The molecule has 2 aromatic carbocycles. The second kappa shape index (κ2) is 7.77. The zero-order valence-electron chi connectivity index (χ0n) is 13.7. The molecule has 1 fully saturated rings. The maximum Gasteiger partial charge on any atom is 0.243 e. The Labute approximate surface area is 142 Å². The number of nitrogens with one attached hydrogen (secondary N) is 1. The molecule has 1 saturated heterocycles. The molecular weight excluding hydrogens is 300 g/mol. The molecule has 2 amide bonds. The molecule has 1 aliphatic rings. The molecule has 124 valence electrons. The number of rotatable bonds is 5. The highest BCUT2D eigenvalue weighted by molar-refractivity contribution is 5.89. The van der Waals surface area contributed by atoms with E-state index < -0.39 is 0 Å². The van der Waals surface area contributed by atoms with Gasteiger partial charge in [0.25, 0.3) is 0 Å². The van der Waals surface area contributed by atoms with Crippen LogP contribution in [0, 0.1) is 0 Å². The molecule has 0 aromatic heterocycles. The van der Waals surface area contributed by atoms with Crippen LogP contribution in [0.5, 0.6) is 0 Å². The minimum Gasteiger partial charge on any atom is -0.350 e. The minimum absolute atomic E-state index is 0.0264. The summed E-state index contributed by atoms with van der Waals surface area (Å²) in [4.78, 5) is 26.8. The quantitative estimate of drug-likeness (QED) is 0.919. The van der Waals surface area contributed by atoms with Gasteiger partial charge in [-0.2, -0.15) is 0 Å². The van der Waals surface area contributed by atoms with Crippen molar-refractivity contribution in [3.8, 4) is 0 Å². The van der Waals surface area contributed by atoms with E-state index in [0.29, 0.717) is 19.5 Å². The Kier molecular flexibility index (Phi) is 5.26. The topological polar surface area (TPSA) is 49.4 Å². The van der Waals surface area contributed by atoms with Gasteiger partial charge in [0.1, 0.15) is 6.04 Å². The molecule has 0 radical (unpaired) electrons. The first kappa shape index (κ1) is 16.2. The second-order valence-corrected chi connectivity index (χ2v) is 6.11. The van der Waals surface area contributed by atoms with Crippen LogP contribution >= 0.6 is 0 Å². The molecule has 24 heavy (non-hydrogen) atoms. The number of carbonyl (C=O) groups excluding carboxylic acids is 2. The predicted octanol–water partition coefficient (Wildman–Crippen LogP) is 2.54. The number of likely N-dealkylation sites (tertiary alicyclic amines) is 1. The molecular formula is C20H22N2O2. The van der Waals surface area contributed by atoms with Crippen LogP contribution in [-0.2, 0) is 22.6 Å². The first-order valence-electron chi connectivity index (χ1n) is 8.39. The van der Waals surface area contributed by atoms with E-state index in [0.717, 1.165) is 24.0 Å². The van der Waals surface area contributed by atoms with Gasteiger partial charge in [0, 0.05) is 13.1 Å². The van der Waals surface area contributed by atoms with Crippen LogP contribution in [0.4, 0.5) is 0 Å². The molecule has 0 saturated carbocycles. The van der Waals surface area contributed by atoms with Gasteiger partial charge in [-0.3, -0.25) is 9.59 Å². The van der Waals surface area contributed by atoms with Crippen molar-refractivity contribution in [3.63, 3.8) is 0 Å². The van der Waals surface area contributed by atoms with Gasteiger partial charge in [-0.15, -0.1) is 0 Å². The number of hydrogen-bond donors (Lipinski definition) is 1. The largest absolute Gasteiger partial charge is 0.350 e. The number of hydrogen-bond acceptors (Lipinski definition) is 2. The maximum atomic E-state index is 12.5. The molecule has 0 spiro atoms. The number of amides is 2. The van der Waals surface area contributed by atoms with Gasteiger partial charge >= 0.3 is 0 Å². The van der Waals surface area contributed by atoms with Crippen molar-refractivity contribution in [2.75, 3.05) is 6.54 Å². The average Bonchev–Trinajstić information content (AvgIpc) is 3.11. The van der Waals surface area contributed by atoms with Crippen LogP contribution < -0.4 is 5.32 Å². The third kappa shape index (κ3) is 4.02. The van der Waals surface area contributed by atoms with Crippen molar-refractivity contribution in [3.05, 3.63) is 71.8 Å². The maximum absolute atomic E-state index is 12.5. The molecule has 4 nitrogen and oxygen atoms in total. The molecule has 0 aliphatic carbocycles. The van der Waals surface area contributed by atoms with E-state index in [2.05, 4.69) is 5.32 Å². The fourth-order valence-corrected chi connectivity index (χ4v) is 3.11. The van der Waals surface area contributed by atoms with Crippen molar-refractivity contribution in [2.45, 2.75) is 31.8 Å². The Morgan fingerprint density at radius 3 is 2.25 bits per heavy atom. The molecule has 4 heteroatoms. The van der Waals surface area contributed by atoms with Gasteiger partial charge in [0.15, 0.2) is 0 Å². The van der Waals surface area contributed by atoms with Gasteiger partial charge < -0.3 is 10.2 Å². The van der Waals surface area contributed by atoms with Gasteiger partial charge in [0.05, 0.1) is 6.42 Å². The molecule has 3 rings (SSSR count). The molecule has 0 unspecified atom stereocenters. The van der Waals surface area contributed by atoms with Crippen molar-refractivity contribution in [1.82, 2.24) is 10.2 Å². The highest BCUT2D eigenvalue weighted by Crippen LogP contribution is 2.19. The summed E-state index contributed by atoms with van der Waals surface area (Å²) in [5.74, 6) is -0.0312. The first-order chi connectivity index (χ1) is 11.7. The summed E-state index contributed by atoms with van der Waals surface area (Å²) in [7, 11) is 0. The molecule has 0 bridgehead atoms. The Morgan fingerprint density at radius 2 is 1.58 bits per heavy atom. The first-order valence-corrected chi connectivity index (χ1v) is 8.39. The minimum atomic E-state index is -0.343. The third-order valence-electron chi connectivity index (χ3n) is 4.38. The summed E-state index contributed by atoms with van der Waals surface area (Å²) < 4.78 is 0. The van der Waals surface area contributed by atoms with E-state index in [1.807, 2.05) is 60.7 Å². The highest BCUT2D eigenvalue weighted by atomic mass is 16.2. The van der Waals surface area contributed by atoms with E-state index in [1.54, 1.807) is 4.90 Å². The Bertz CT molecular complexity index is 685. The van der Waals surface area contributed by atoms with Crippen LogP contribution in [0.3, 0.4) is 0 Å². The molecule has 1 N–H and O–H groups in total. The lowest BCUT2D eigenvalue weighted by Gasteiger charge is -2.24. The van der Waals surface area contributed by atoms with E-state index >= 15 is 0 Å². The van der Waals surface area contributed by atoms with Gasteiger partial charge in [-0.1, -0.05) is 60.7 Å². The van der Waals surface area contributed by atoms with Crippen LogP contribution in [0.15, 0.2) is 60.7 Å². The Hall–Kier alpha value is -2.62. The summed E-state index contributed by atoms with van der Waals surface area (Å²) in [5.41, 5.74) is 2.05. The van der Waals surface area contributed by atoms with Crippen LogP contribution in [0.1, 0.15) is 24.0 Å². The molecule has 1 heterocycles. The second-order valence-electron chi connectivity index (χ2n) is 6.11. The lowest BCUT2D eigenvalue weighted by Crippen LogP contribution is -2.46. The number of carbonyl (C=O) groups is 2. The van der Waals surface area contributed by atoms with E-state index in [4.69, 9.17) is 0 Å². The number of benzene rings is 2. The predicted molar refractivity (Wildman–Crippen MR) is 93.2 cm³/mol. The van der Waals surface area contributed by atoms with Gasteiger partial charge in [-0.05, 0) is 24.0 Å². The Balaban J connectivity index is 1.58. The zero-order chi connectivity index (χ0) is 16.8. The lowest BCUT2D eigenvalue weighted by atomic mass is 10.1. The van der Waals surface area contributed by atoms with Crippen molar-refractivity contribution >= 4 is 11.8 Å². The highest BCUT2D eigenvalue weighted by Gasteiger charge is 2.33. The molecule has 1 aliphatic heterocycles. The Morgan fingerprint density at radius 1 is 0.958 bits per heavy atom. The van der Waals surface area contributed by atoms with E-state index in [1.165, 1.54) is 0 Å². The summed E-state index contributed by atoms with van der Waals surface area (Å²) >= 11 is 0. The van der Waals surface area contributed by atoms with Crippen molar-refractivity contribution < 1.29 is 9.59 Å². The van der Waals surface area contributed by atoms with Crippen LogP contribution in [0.25, 0.3) is 0 Å². The third-order valence-corrected chi connectivity index (χ3v) is 4.38. The number of nitrogens with zero attached hydrogens (tertiary/aromatic N) is 1. The summed E-state index contributed by atoms with van der Waals surface area (Å²) in [6.45, 7) is 1.16. The van der Waals surface area contributed by atoms with E-state index in [-0.39, 0.29) is 17.9 Å². The van der Waals surface area contributed by atoms with Crippen LogP contribution in [-0.4, -0.2) is 29.3 Å². The fraction of sp³-hybridized carbons (Fsp3) is 0.300. The van der Waals surface area contributed by atoms with E-state index in [9.17, 15) is 9.59 Å². The summed E-state index contributed by atoms with van der Waals surface area (Å²) in [6, 6.07) is 19.1. The van der Waals surface area contributed by atoms with Gasteiger partial charge in [-0.25, -0.2) is 0 Å². The SMILES string of the molecule is O=C(NCc1ccccc1)[C@@H]1CCCN1C(=O)Cc1ccccc1. The normalized spacial score (nSPS) is 16.8. The molecule has 1 atom stereocenters. The lowest BCUT2D eigenvalue weighted by molar-refractivity contribution is -0.138. The molecule has 2 aromatic rings. The van der Waals surface area contributed by atoms with Crippen molar-refractivity contribution in [1.29, 1.82) is 0 Å². The standard InChI is InChI=1S/C20H22N2O2/c23-19(14-16-8-3-1-4-9-16)22-13-7-12-18(22)20(24)21-15-17-10-5-2-6-11-17/h1-6,8-11,18H,7,12-15H2,(H,21,24)/t18-/m0/s1. The average molecular weight is 322 g/mol. The zero-order valence-corrected chi connectivity index (χ0v) is 13.7. The smallest absolute Gasteiger partial charge is 0.243 e.